The number of urea groups is 1. The molecule has 6 heteroatoms. The summed E-state index contributed by atoms with van der Waals surface area (Å²) in [5, 5.41) is 5.57. The highest BCUT2D eigenvalue weighted by atomic mass is 16.5. The monoisotopic (exact) mass is 325 g/mol. The molecule has 24 heavy (non-hydrogen) atoms. The minimum absolute atomic E-state index is 0.0309. The zero-order valence-corrected chi connectivity index (χ0v) is 13.6. The van der Waals surface area contributed by atoms with Gasteiger partial charge >= 0.3 is 6.03 Å². The van der Waals surface area contributed by atoms with Gasteiger partial charge in [-0.1, -0.05) is 12.1 Å². The van der Waals surface area contributed by atoms with Gasteiger partial charge in [-0.2, -0.15) is 0 Å². The van der Waals surface area contributed by atoms with Gasteiger partial charge in [0.1, 0.15) is 5.75 Å². The molecule has 1 heterocycles. The molecule has 3 amide bonds. The maximum atomic E-state index is 12.2. The molecule has 0 aliphatic carbocycles. The fourth-order valence-corrected chi connectivity index (χ4v) is 2.84. The molecule has 2 aromatic rings. The number of hydrogen-bond acceptors (Lipinski definition) is 3. The Kier molecular flexibility index (Phi) is 4.37. The van der Waals surface area contributed by atoms with Crippen LogP contribution in [0.15, 0.2) is 42.5 Å². The second kappa shape index (κ2) is 6.62. The Morgan fingerprint density at radius 2 is 1.92 bits per heavy atom. The van der Waals surface area contributed by atoms with Gasteiger partial charge in [-0.3, -0.25) is 4.79 Å². The lowest BCUT2D eigenvalue weighted by molar-refractivity contribution is -0.116. The van der Waals surface area contributed by atoms with Crippen molar-refractivity contribution in [1.29, 1.82) is 0 Å². The molecule has 3 rings (SSSR count). The van der Waals surface area contributed by atoms with Gasteiger partial charge in [-0.05, 0) is 42.3 Å². The molecular weight excluding hydrogens is 306 g/mol. The lowest BCUT2D eigenvalue weighted by Gasteiger charge is -2.15. The lowest BCUT2D eigenvalue weighted by atomic mass is 10.1. The molecular formula is C18H19N3O3. The zero-order valence-electron chi connectivity index (χ0n) is 13.6. The number of hydrogen-bond donors (Lipinski definition) is 2. The standard InChI is InChI=1S/C18H19N3O3/c1-12(22)21-10-9-13-11-14(7-8-16(13)21)19-18(23)20-15-5-3-4-6-17(15)24-2/h3-8,11H,9-10H2,1-2H3,(H2,19,20,23). The molecule has 6 nitrogen and oxygen atoms in total. The van der Waals surface area contributed by atoms with Crippen LogP contribution in [0.25, 0.3) is 0 Å². The van der Waals surface area contributed by atoms with Crippen LogP contribution in [0.1, 0.15) is 12.5 Å². The molecule has 0 aromatic heterocycles. The van der Waals surface area contributed by atoms with Crippen LogP contribution in [0.2, 0.25) is 0 Å². The molecule has 2 aromatic carbocycles. The van der Waals surface area contributed by atoms with Crippen LogP contribution in [0.4, 0.5) is 21.9 Å². The summed E-state index contributed by atoms with van der Waals surface area (Å²) >= 11 is 0. The largest absolute Gasteiger partial charge is 0.495 e. The van der Waals surface area contributed by atoms with E-state index in [-0.39, 0.29) is 11.9 Å². The van der Waals surface area contributed by atoms with E-state index >= 15 is 0 Å². The Morgan fingerprint density at radius 3 is 2.67 bits per heavy atom. The van der Waals surface area contributed by atoms with Gasteiger partial charge in [0.05, 0.1) is 12.8 Å². The highest BCUT2D eigenvalue weighted by molar-refractivity contribution is 6.01. The molecule has 0 spiro atoms. The average Bonchev–Trinajstić information content (AvgIpc) is 2.98. The SMILES string of the molecule is COc1ccccc1NC(=O)Nc1ccc2c(c1)CCN2C(C)=O. The molecule has 2 N–H and O–H groups in total. The van der Waals surface area contributed by atoms with Gasteiger partial charge in [-0.15, -0.1) is 0 Å². The Balaban J connectivity index is 1.71. The number of nitrogens with zero attached hydrogens (tertiary/aromatic N) is 1. The lowest BCUT2D eigenvalue weighted by Crippen LogP contribution is -2.25. The normalized spacial score (nSPS) is 12.5. The van der Waals surface area contributed by atoms with E-state index in [0.717, 1.165) is 17.7 Å². The second-order valence-electron chi connectivity index (χ2n) is 5.54. The summed E-state index contributed by atoms with van der Waals surface area (Å²) in [4.78, 5) is 25.5. The van der Waals surface area contributed by atoms with Crippen molar-refractivity contribution < 1.29 is 14.3 Å². The van der Waals surface area contributed by atoms with Gasteiger partial charge < -0.3 is 20.3 Å². The number of para-hydroxylation sites is 2. The fraction of sp³-hybridized carbons (Fsp3) is 0.222. The summed E-state index contributed by atoms with van der Waals surface area (Å²) in [5.41, 5.74) is 3.26. The van der Waals surface area contributed by atoms with Gasteiger partial charge in [0.25, 0.3) is 0 Å². The van der Waals surface area contributed by atoms with Gasteiger partial charge in [0.2, 0.25) is 5.91 Å². The molecule has 1 aliphatic heterocycles. The third kappa shape index (κ3) is 3.17. The molecule has 0 saturated heterocycles. The van der Waals surface area contributed by atoms with Crippen molar-refractivity contribution in [2.75, 3.05) is 29.2 Å². The molecule has 0 atom stereocenters. The van der Waals surface area contributed by atoms with Crippen LogP contribution in [0.3, 0.4) is 0 Å². The number of nitrogens with one attached hydrogen (secondary N) is 2. The van der Waals surface area contributed by atoms with Crippen LogP contribution >= 0.6 is 0 Å². The summed E-state index contributed by atoms with van der Waals surface area (Å²) in [5.74, 6) is 0.627. The van der Waals surface area contributed by atoms with E-state index in [1.165, 1.54) is 0 Å². The summed E-state index contributed by atoms with van der Waals surface area (Å²) < 4.78 is 5.21. The topological polar surface area (TPSA) is 70.7 Å². The van der Waals surface area contributed by atoms with Gasteiger partial charge in [-0.25, -0.2) is 4.79 Å². The first-order chi connectivity index (χ1) is 11.6. The summed E-state index contributed by atoms with van der Waals surface area (Å²) in [6, 6.07) is 12.4. The summed E-state index contributed by atoms with van der Waals surface area (Å²) in [7, 11) is 1.56. The Bertz CT molecular complexity index is 789. The van der Waals surface area contributed by atoms with Crippen molar-refractivity contribution in [2.45, 2.75) is 13.3 Å². The minimum Gasteiger partial charge on any atom is -0.495 e. The third-order valence-electron chi connectivity index (χ3n) is 3.97. The smallest absolute Gasteiger partial charge is 0.323 e. The molecule has 124 valence electrons. The van der Waals surface area contributed by atoms with Crippen molar-refractivity contribution in [3.8, 4) is 5.75 Å². The Hall–Kier alpha value is -3.02. The Morgan fingerprint density at radius 1 is 1.12 bits per heavy atom. The van der Waals surface area contributed by atoms with E-state index in [4.69, 9.17) is 4.74 Å². The van der Waals surface area contributed by atoms with Crippen LogP contribution in [0, 0.1) is 0 Å². The molecule has 0 bridgehead atoms. The van der Waals surface area contributed by atoms with Gasteiger partial charge in [0, 0.05) is 24.8 Å². The first-order valence-electron chi connectivity index (χ1n) is 7.70. The number of carbonyl (C=O) groups is 2. The van der Waals surface area contributed by atoms with E-state index in [2.05, 4.69) is 10.6 Å². The van der Waals surface area contributed by atoms with Crippen LogP contribution < -0.4 is 20.3 Å². The van der Waals surface area contributed by atoms with Gasteiger partial charge in [0.15, 0.2) is 0 Å². The molecule has 0 saturated carbocycles. The van der Waals surface area contributed by atoms with Crippen molar-refractivity contribution in [3.05, 3.63) is 48.0 Å². The van der Waals surface area contributed by atoms with E-state index in [1.807, 2.05) is 24.3 Å². The maximum Gasteiger partial charge on any atom is 0.323 e. The molecule has 0 fully saturated rings. The number of benzene rings is 2. The van der Waals surface area contributed by atoms with E-state index in [9.17, 15) is 9.59 Å². The van der Waals surface area contributed by atoms with E-state index < -0.39 is 0 Å². The number of carbonyl (C=O) groups excluding carboxylic acids is 2. The van der Waals surface area contributed by atoms with Crippen molar-refractivity contribution in [3.63, 3.8) is 0 Å². The fourth-order valence-electron chi connectivity index (χ4n) is 2.84. The number of anilines is 3. The Labute approximate surface area is 140 Å². The maximum absolute atomic E-state index is 12.2. The highest BCUT2D eigenvalue weighted by Crippen LogP contribution is 2.30. The first-order valence-corrected chi connectivity index (χ1v) is 7.70. The highest BCUT2D eigenvalue weighted by Gasteiger charge is 2.22. The van der Waals surface area contributed by atoms with Crippen molar-refractivity contribution >= 4 is 29.0 Å². The zero-order chi connectivity index (χ0) is 17.1. The second-order valence-corrected chi connectivity index (χ2v) is 5.54. The predicted octanol–water partition coefficient (Wildman–Crippen LogP) is 3.25. The number of amides is 3. The predicted molar refractivity (Wildman–Crippen MR) is 93.8 cm³/mol. The van der Waals surface area contributed by atoms with E-state index in [0.29, 0.717) is 23.7 Å². The average molecular weight is 325 g/mol. The van der Waals surface area contributed by atoms with E-state index in [1.54, 1.807) is 37.1 Å². The molecule has 0 unspecified atom stereocenters. The number of rotatable bonds is 3. The van der Waals surface area contributed by atoms with Crippen LogP contribution in [0.5, 0.6) is 5.75 Å². The number of ether oxygens (including phenoxy) is 1. The minimum atomic E-state index is -0.346. The van der Waals surface area contributed by atoms with Crippen molar-refractivity contribution in [1.82, 2.24) is 0 Å². The van der Waals surface area contributed by atoms with Crippen molar-refractivity contribution in [2.24, 2.45) is 0 Å². The molecule has 0 radical (unpaired) electrons. The quantitative estimate of drug-likeness (QED) is 0.910. The summed E-state index contributed by atoms with van der Waals surface area (Å²) in [6.07, 6.45) is 0.790. The first kappa shape index (κ1) is 15.9. The number of fused-ring (bicyclic) bond motifs is 1. The number of methoxy groups -OCH3 is 1. The summed E-state index contributed by atoms with van der Waals surface area (Å²) in [6.45, 7) is 2.24. The molecule has 1 aliphatic rings. The van der Waals surface area contributed by atoms with Crippen LogP contribution in [-0.2, 0) is 11.2 Å². The van der Waals surface area contributed by atoms with Crippen LogP contribution in [-0.4, -0.2) is 25.6 Å². The third-order valence-corrected chi connectivity index (χ3v) is 3.97.